The lowest BCUT2D eigenvalue weighted by Crippen LogP contribution is -2.43. The molecule has 10 heteroatoms. The number of rotatable bonds is 6. The van der Waals surface area contributed by atoms with Gasteiger partial charge in [0.05, 0.1) is 6.61 Å². The molecule has 3 rings (SSSR count). The number of hydrogen-bond acceptors (Lipinski definition) is 7. The molecular weight excluding hydrogens is 452 g/mol. The van der Waals surface area contributed by atoms with Gasteiger partial charge in [0.2, 0.25) is 0 Å². The third-order valence-corrected chi connectivity index (χ3v) is 5.50. The number of amides is 1. The summed E-state index contributed by atoms with van der Waals surface area (Å²) in [5.74, 6) is 0.547. The number of fused-ring (bicyclic) bond motifs is 1. The van der Waals surface area contributed by atoms with Crippen molar-refractivity contribution in [2.24, 2.45) is 5.92 Å². The van der Waals surface area contributed by atoms with Crippen molar-refractivity contribution in [1.82, 2.24) is 24.4 Å². The molecule has 1 atom stereocenters. The number of nitrogen functional groups attached to an aromatic ring is 1. The number of imidazole rings is 1. The maximum absolute atomic E-state index is 12.5. The third kappa shape index (κ3) is 5.53. The SMILES string of the molecule is CCCCOc1nc(N)c2nc(Br)n(CC3CCCN(C(=O)OC(C)(C)C)C3)c2n1. The molecule has 1 aliphatic heterocycles. The summed E-state index contributed by atoms with van der Waals surface area (Å²) in [7, 11) is 0. The van der Waals surface area contributed by atoms with Gasteiger partial charge < -0.3 is 24.7 Å². The largest absolute Gasteiger partial charge is 0.463 e. The fourth-order valence-electron chi connectivity index (χ4n) is 3.47. The summed E-state index contributed by atoms with van der Waals surface area (Å²) in [4.78, 5) is 27.5. The molecule has 0 aliphatic carbocycles. The monoisotopic (exact) mass is 482 g/mol. The van der Waals surface area contributed by atoms with E-state index in [9.17, 15) is 4.79 Å². The van der Waals surface area contributed by atoms with E-state index in [1.165, 1.54) is 0 Å². The maximum atomic E-state index is 12.5. The van der Waals surface area contributed by atoms with Crippen molar-refractivity contribution in [2.45, 2.75) is 65.5 Å². The number of hydrogen-bond donors (Lipinski definition) is 1. The predicted octanol–water partition coefficient (Wildman–Crippen LogP) is 4.00. The Labute approximate surface area is 185 Å². The van der Waals surface area contributed by atoms with Crippen LogP contribution in [0.15, 0.2) is 4.73 Å². The summed E-state index contributed by atoms with van der Waals surface area (Å²) in [6.07, 6.45) is 3.62. The maximum Gasteiger partial charge on any atom is 0.410 e. The number of carbonyl (C=O) groups excluding carboxylic acids is 1. The molecule has 2 N–H and O–H groups in total. The summed E-state index contributed by atoms with van der Waals surface area (Å²) < 4.78 is 13.8. The molecule has 2 aromatic heterocycles. The number of unbranched alkanes of at least 4 members (excludes halogenated alkanes) is 1. The van der Waals surface area contributed by atoms with Gasteiger partial charge in [-0.2, -0.15) is 9.97 Å². The molecule has 1 amide bonds. The Morgan fingerprint density at radius 3 is 2.77 bits per heavy atom. The highest BCUT2D eigenvalue weighted by atomic mass is 79.9. The first kappa shape index (κ1) is 22.6. The van der Waals surface area contributed by atoms with Gasteiger partial charge in [-0.25, -0.2) is 9.78 Å². The molecule has 1 unspecified atom stereocenters. The number of aromatic nitrogens is 4. The van der Waals surface area contributed by atoms with Crippen molar-refractivity contribution in [3.05, 3.63) is 4.73 Å². The number of nitrogens with zero attached hydrogens (tertiary/aromatic N) is 5. The topological polar surface area (TPSA) is 108 Å². The average molecular weight is 483 g/mol. The summed E-state index contributed by atoms with van der Waals surface area (Å²) in [5, 5.41) is 0. The highest BCUT2D eigenvalue weighted by molar-refractivity contribution is 9.10. The lowest BCUT2D eigenvalue weighted by molar-refractivity contribution is 0.0157. The summed E-state index contributed by atoms with van der Waals surface area (Å²) in [5.41, 5.74) is 6.78. The van der Waals surface area contributed by atoms with Crippen LogP contribution in [0, 0.1) is 5.92 Å². The van der Waals surface area contributed by atoms with Crippen molar-refractivity contribution in [1.29, 1.82) is 0 Å². The highest BCUT2D eigenvalue weighted by Gasteiger charge is 2.29. The Balaban J connectivity index is 1.77. The fraction of sp³-hybridized carbons (Fsp3) is 0.700. The number of piperidine rings is 1. The van der Waals surface area contributed by atoms with E-state index in [-0.39, 0.29) is 18.0 Å². The zero-order valence-corrected chi connectivity index (χ0v) is 19.7. The molecule has 166 valence electrons. The van der Waals surface area contributed by atoms with Gasteiger partial charge in [0.1, 0.15) is 5.60 Å². The molecule has 0 saturated carbocycles. The standard InChI is InChI=1S/C20H31BrN6O3/c1-5-6-10-29-18-24-15(22)14-16(25-18)27(17(21)23-14)12-13-8-7-9-26(11-13)19(28)30-20(2,3)4/h13H,5-12H2,1-4H3,(H2,22,24,25). The minimum atomic E-state index is -0.504. The van der Waals surface area contributed by atoms with Gasteiger partial charge in [-0.05, 0) is 61.9 Å². The van der Waals surface area contributed by atoms with E-state index in [0.29, 0.717) is 48.0 Å². The Kier molecular flexibility index (Phi) is 7.05. The second-order valence-corrected chi connectivity index (χ2v) is 9.40. The van der Waals surface area contributed by atoms with Crippen LogP contribution in [0.25, 0.3) is 11.2 Å². The first-order valence-corrected chi connectivity index (χ1v) is 11.3. The average Bonchev–Trinajstić information content (AvgIpc) is 2.97. The van der Waals surface area contributed by atoms with Crippen LogP contribution in [0.3, 0.4) is 0 Å². The smallest absolute Gasteiger partial charge is 0.410 e. The molecule has 0 spiro atoms. The van der Waals surface area contributed by atoms with Gasteiger partial charge in [0.25, 0.3) is 0 Å². The van der Waals surface area contributed by atoms with E-state index < -0.39 is 5.60 Å². The van der Waals surface area contributed by atoms with E-state index in [2.05, 4.69) is 37.8 Å². The van der Waals surface area contributed by atoms with Crippen molar-refractivity contribution in [3.8, 4) is 6.01 Å². The normalized spacial score (nSPS) is 17.4. The number of halogens is 1. The molecule has 9 nitrogen and oxygen atoms in total. The molecule has 1 fully saturated rings. The lowest BCUT2D eigenvalue weighted by Gasteiger charge is -2.34. The van der Waals surface area contributed by atoms with Crippen LogP contribution < -0.4 is 10.5 Å². The van der Waals surface area contributed by atoms with Crippen molar-refractivity contribution >= 4 is 39.0 Å². The van der Waals surface area contributed by atoms with Gasteiger partial charge in [0, 0.05) is 19.6 Å². The summed E-state index contributed by atoms with van der Waals surface area (Å²) in [6.45, 7) is 10.3. The zero-order valence-electron chi connectivity index (χ0n) is 18.2. The van der Waals surface area contributed by atoms with E-state index >= 15 is 0 Å². The number of anilines is 1. The number of carbonyl (C=O) groups is 1. The van der Waals surface area contributed by atoms with Crippen molar-refractivity contribution in [2.75, 3.05) is 25.4 Å². The highest BCUT2D eigenvalue weighted by Crippen LogP contribution is 2.28. The molecule has 2 aromatic rings. The summed E-state index contributed by atoms with van der Waals surface area (Å²) >= 11 is 3.53. The van der Waals surface area contributed by atoms with Crippen LogP contribution in [0.5, 0.6) is 6.01 Å². The molecule has 30 heavy (non-hydrogen) atoms. The Bertz CT molecular complexity index is 895. The second-order valence-electron chi connectivity index (χ2n) is 8.69. The molecule has 0 aromatic carbocycles. The molecule has 3 heterocycles. The molecule has 1 saturated heterocycles. The van der Waals surface area contributed by atoms with Gasteiger partial charge in [-0.15, -0.1) is 0 Å². The van der Waals surface area contributed by atoms with Crippen LogP contribution >= 0.6 is 15.9 Å². The molecule has 0 radical (unpaired) electrons. The Morgan fingerprint density at radius 1 is 1.30 bits per heavy atom. The van der Waals surface area contributed by atoms with E-state index in [1.54, 1.807) is 4.90 Å². The number of likely N-dealkylation sites (tertiary alicyclic amines) is 1. The van der Waals surface area contributed by atoms with Crippen molar-refractivity contribution < 1.29 is 14.3 Å². The molecule has 1 aliphatic rings. The van der Waals surface area contributed by atoms with E-state index in [1.807, 2.05) is 25.3 Å². The fourth-order valence-corrected chi connectivity index (χ4v) is 3.96. The minimum Gasteiger partial charge on any atom is -0.463 e. The van der Waals surface area contributed by atoms with E-state index in [0.717, 1.165) is 25.7 Å². The third-order valence-electron chi connectivity index (χ3n) is 4.90. The first-order chi connectivity index (χ1) is 14.2. The van der Waals surface area contributed by atoms with Crippen LogP contribution in [0.4, 0.5) is 10.6 Å². The Morgan fingerprint density at radius 2 is 2.07 bits per heavy atom. The number of ether oxygens (including phenoxy) is 2. The Hall–Kier alpha value is -2.10. The van der Waals surface area contributed by atoms with Crippen LogP contribution in [0.1, 0.15) is 53.4 Å². The van der Waals surface area contributed by atoms with Gasteiger partial charge >= 0.3 is 12.1 Å². The first-order valence-electron chi connectivity index (χ1n) is 10.5. The predicted molar refractivity (Wildman–Crippen MR) is 118 cm³/mol. The summed E-state index contributed by atoms with van der Waals surface area (Å²) in [6, 6.07) is 0.265. The lowest BCUT2D eigenvalue weighted by atomic mass is 9.98. The van der Waals surface area contributed by atoms with E-state index in [4.69, 9.17) is 15.2 Å². The van der Waals surface area contributed by atoms with Crippen LogP contribution in [-0.4, -0.2) is 55.8 Å². The van der Waals surface area contributed by atoms with Crippen LogP contribution in [-0.2, 0) is 11.3 Å². The minimum absolute atomic E-state index is 0.251. The number of nitrogens with two attached hydrogens (primary N) is 1. The molecule has 0 bridgehead atoms. The quantitative estimate of drug-likeness (QED) is 0.489. The van der Waals surface area contributed by atoms with Gasteiger partial charge in [0.15, 0.2) is 21.7 Å². The second kappa shape index (κ2) is 9.36. The van der Waals surface area contributed by atoms with Crippen LogP contribution in [0.2, 0.25) is 0 Å². The van der Waals surface area contributed by atoms with Gasteiger partial charge in [-0.3, -0.25) is 0 Å². The van der Waals surface area contributed by atoms with Gasteiger partial charge in [-0.1, -0.05) is 13.3 Å². The van der Waals surface area contributed by atoms with Crippen molar-refractivity contribution in [3.63, 3.8) is 0 Å². The zero-order chi connectivity index (χ0) is 21.9. The molecular formula is C20H31BrN6O3.